The van der Waals surface area contributed by atoms with Gasteiger partial charge in [0.2, 0.25) is 0 Å². The minimum absolute atomic E-state index is 0.128. The number of rotatable bonds is 6. The third kappa shape index (κ3) is 7.85. The van der Waals surface area contributed by atoms with E-state index >= 15 is 0 Å². The molecule has 162 valence electrons. The summed E-state index contributed by atoms with van der Waals surface area (Å²) in [5.41, 5.74) is 1.29. The van der Waals surface area contributed by atoms with Gasteiger partial charge in [-0.15, -0.1) is 0 Å². The van der Waals surface area contributed by atoms with Crippen LogP contribution in [0.5, 0.6) is 0 Å². The van der Waals surface area contributed by atoms with Crippen LogP contribution in [0.15, 0.2) is 30.3 Å². The average Bonchev–Trinajstić information content (AvgIpc) is 2.68. The van der Waals surface area contributed by atoms with E-state index in [0.717, 1.165) is 45.3 Å². The minimum Gasteiger partial charge on any atom is -0.369 e. The van der Waals surface area contributed by atoms with Gasteiger partial charge >= 0.3 is 12.2 Å². The zero-order chi connectivity index (χ0) is 20.7. The summed E-state index contributed by atoms with van der Waals surface area (Å²) in [5, 5.41) is 5.94. The molecule has 1 aliphatic carbocycles. The lowest BCUT2D eigenvalue weighted by Gasteiger charge is -2.33. The van der Waals surface area contributed by atoms with Crippen LogP contribution in [0.25, 0.3) is 0 Å². The molecule has 0 radical (unpaired) electrons. The van der Waals surface area contributed by atoms with E-state index in [1.54, 1.807) is 0 Å². The molecule has 1 heterocycles. The number of alkyl halides is 3. The van der Waals surface area contributed by atoms with Gasteiger partial charge in [-0.1, -0.05) is 30.3 Å². The molecule has 0 bridgehead atoms. The molecule has 1 aliphatic heterocycles. The third-order valence-electron chi connectivity index (χ3n) is 5.62. The number of nitrogens with one attached hydrogen (secondary N) is 2. The van der Waals surface area contributed by atoms with E-state index in [2.05, 4.69) is 27.7 Å². The molecule has 2 N–H and O–H groups in total. The molecule has 1 saturated carbocycles. The summed E-state index contributed by atoms with van der Waals surface area (Å²) in [5.74, 6) is 0. The first-order valence-electron chi connectivity index (χ1n) is 10.4. The molecule has 1 saturated heterocycles. The largest absolute Gasteiger partial charge is 0.411 e. The number of urea groups is 1. The van der Waals surface area contributed by atoms with Gasteiger partial charge in [0.25, 0.3) is 0 Å². The highest BCUT2D eigenvalue weighted by Crippen LogP contribution is 2.24. The van der Waals surface area contributed by atoms with Gasteiger partial charge in [0.05, 0.1) is 6.10 Å². The second-order valence-electron chi connectivity index (χ2n) is 8.07. The number of carbonyl (C=O) groups is 1. The van der Waals surface area contributed by atoms with Crippen molar-refractivity contribution >= 4 is 6.03 Å². The molecule has 2 atom stereocenters. The fraction of sp³-hybridized carbons (Fsp3) is 0.667. The van der Waals surface area contributed by atoms with E-state index in [0.29, 0.717) is 12.8 Å². The van der Waals surface area contributed by atoms with Crippen LogP contribution in [0.4, 0.5) is 18.0 Å². The van der Waals surface area contributed by atoms with Gasteiger partial charge in [0.1, 0.15) is 6.61 Å². The lowest BCUT2D eigenvalue weighted by molar-refractivity contribution is -0.188. The predicted molar refractivity (Wildman–Crippen MR) is 104 cm³/mol. The van der Waals surface area contributed by atoms with Gasteiger partial charge in [-0.05, 0) is 44.1 Å². The Morgan fingerprint density at radius 2 is 1.72 bits per heavy atom. The molecule has 0 aromatic heterocycles. The summed E-state index contributed by atoms with van der Waals surface area (Å²) >= 11 is 0. The summed E-state index contributed by atoms with van der Waals surface area (Å²) in [6.07, 6.45) is -0.413. The standard InChI is InChI=1S/C21H30F3N3O2/c22-21(23,24)15-29-19-8-4-7-18(13-19)26-20(28)25-17-9-11-27(12-10-17)14-16-5-2-1-3-6-16/h1-3,5-6,17-19H,4,7-15H2,(H2,25,26,28)/t18-,19+/m1/s1. The minimum atomic E-state index is -4.31. The lowest BCUT2D eigenvalue weighted by atomic mass is 9.93. The summed E-state index contributed by atoms with van der Waals surface area (Å²) in [6.45, 7) is 1.55. The van der Waals surface area contributed by atoms with Crippen molar-refractivity contribution in [2.75, 3.05) is 19.7 Å². The molecule has 1 aromatic rings. The first-order valence-corrected chi connectivity index (χ1v) is 10.4. The van der Waals surface area contributed by atoms with Crippen LogP contribution in [0.2, 0.25) is 0 Å². The fourth-order valence-corrected chi connectivity index (χ4v) is 4.13. The number of benzene rings is 1. The molecule has 2 aliphatic rings. The molecular weight excluding hydrogens is 383 g/mol. The molecule has 29 heavy (non-hydrogen) atoms. The smallest absolute Gasteiger partial charge is 0.369 e. The Morgan fingerprint density at radius 3 is 2.41 bits per heavy atom. The predicted octanol–water partition coefficient (Wildman–Crippen LogP) is 3.84. The lowest BCUT2D eigenvalue weighted by Crippen LogP contribution is -2.51. The topological polar surface area (TPSA) is 53.6 Å². The van der Waals surface area contributed by atoms with E-state index in [-0.39, 0.29) is 18.1 Å². The summed E-state index contributed by atoms with van der Waals surface area (Å²) in [6, 6.07) is 10.1. The maximum absolute atomic E-state index is 12.3. The molecule has 8 heteroatoms. The number of amides is 2. The SMILES string of the molecule is O=C(NC1CCN(Cc2ccccc2)CC1)N[C@@H]1CCC[C@H](OCC(F)(F)F)C1. The summed E-state index contributed by atoms with van der Waals surface area (Å²) in [4.78, 5) is 14.7. The van der Waals surface area contributed by atoms with Gasteiger partial charge in [0, 0.05) is 31.7 Å². The molecular formula is C21H30F3N3O2. The number of hydrogen-bond donors (Lipinski definition) is 2. The zero-order valence-corrected chi connectivity index (χ0v) is 16.6. The van der Waals surface area contributed by atoms with E-state index in [4.69, 9.17) is 4.74 Å². The van der Waals surface area contributed by atoms with Crippen LogP contribution < -0.4 is 10.6 Å². The van der Waals surface area contributed by atoms with Crippen molar-refractivity contribution in [2.45, 2.75) is 69.4 Å². The number of piperidine rings is 1. The number of halogens is 3. The normalized spacial score (nSPS) is 24.2. The van der Waals surface area contributed by atoms with E-state index in [1.165, 1.54) is 5.56 Å². The molecule has 2 fully saturated rings. The summed E-state index contributed by atoms with van der Waals surface area (Å²) in [7, 11) is 0. The van der Waals surface area contributed by atoms with Gasteiger partial charge in [-0.2, -0.15) is 13.2 Å². The van der Waals surface area contributed by atoms with Crippen LogP contribution in [-0.4, -0.2) is 55.0 Å². The second kappa shape index (κ2) is 10.3. The number of hydrogen-bond acceptors (Lipinski definition) is 3. The van der Waals surface area contributed by atoms with Crippen molar-refractivity contribution in [1.82, 2.24) is 15.5 Å². The highest BCUT2D eigenvalue weighted by molar-refractivity contribution is 5.74. The van der Waals surface area contributed by atoms with Gasteiger partial charge in [0.15, 0.2) is 0 Å². The average molecular weight is 413 g/mol. The Bertz CT molecular complexity index is 634. The number of nitrogens with zero attached hydrogens (tertiary/aromatic N) is 1. The fourth-order valence-electron chi connectivity index (χ4n) is 4.13. The number of carbonyl (C=O) groups excluding carboxylic acids is 1. The Labute approximate surface area is 170 Å². The van der Waals surface area contributed by atoms with Crippen LogP contribution >= 0.6 is 0 Å². The van der Waals surface area contributed by atoms with Crippen LogP contribution in [0.1, 0.15) is 44.1 Å². The third-order valence-corrected chi connectivity index (χ3v) is 5.62. The molecule has 1 aromatic carbocycles. The number of likely N-dealkylation sites (tertiary alicyclic amines) is 1. The van der Waals surface area contributed by atoms with Crippen molar-refractivity contribution in [3.05, 3.63) is 35.9 Å². The molecule has 3 rings (SSSR count). The summed E-state index contributed by atoms with van der Waals surface area (Å²) < 4.78 is 41.9. The van der Waals surface area contributed by atoms with Crippen molar-refractivity contribution in [3.8, 4) is 0 Å². The maximum atomic E-state index is 12.3. The van der Waals surface area contributed by atoms with Crippen molar-refractivity contribution in [3.63, 3.8) is 0 Å². The van der Waals surface area contributed by atoms with E-state index in [9.17, 15) is 18.0 Å². The van der Waals surface area contributed by atoms with Crippen molar-refractivity contribution in [2.24, 2.45) is 0 Å². The van der Waals surface area contributed by atoms with Gasteiger partial charge in [-0.25, -0.2) is 4.79 Å². The van der Waals surface area contributed by atoms with Crippen molar-refractivity contribution < 1.29 is 22.7 Å². The Hall–Kier alpha value is -1.80. The Kier molecular flexibility index (Phi) is 7.77. The highest BCUT2D eigenvalue weighted by atomic mass is 19.4. The molecule has 0 unspecified atom stereocenters. The maximum Gasteiger partial charge on any atom is 0.411 e. The van der Waals surface area contributed by atoms with Crippen molar-refractivity contribution in [1.29, 1.82) is 0 Å². The van der Waals surface area contributed by atoms with Crippen LogP contribution in [0.3, 0.4) is 0 Å². The molecule has 0 spiro atoms. The monoisotopic (exact) mass is 413 g/mol. The first kappa shape index (κ1) is 21.9. The quantitative estimate of drug-likeness (QED) is 0.745. The van der Waals surface area contributed by atoms with Gasteiger partial charge in [-0.3, -0.25) is 4.90 Å². The second-order valence-corrected chi connectivity index (χ2v) is 8.07. The Balaban J connectivity index is 1.34. The molecule has 2 amide bonds. The van der Waals surface area contributed by atoms with E-state index < -0.39 is 18.9 Å². The number of ether oxygens (including phenoxy) is 1. The van der Waals surface area contributed by atoms with Crippen LogP contribution in [-0.2, 0) is 11.3 Å². The highest BCUT2D eigenvalue weighted by Gasteiger charge is 2.31. The first-order chi connectivity index (χ1) is 13.9. The van der Waals surface area contributed by atoms with E-state index in [1.807, 2.05) is 18.2 Å². The zero-order valence-electron chi connectivity index (χ0n) is 16.6. The molecule has 5 nitrogen and oxygen atoms in total. The van der Waals surface area contributed by atoms with Crippen LogP contribution in [0, 0.1) is 0 Å². The van der Waals surface area contributed by atoms with Gasteiger partial charge < -0.3 is 15.4 Å². The Morgan fingerprint density at radius 1 is 1.03 bits per heavy atom.